The molecule has 3 N–H and O–H groups in total. The average molecular weight is 284 g/mol. The Morgan fingerprint density at radius 1 is 1.37 bits per heavy atom. The number of anilines is 1. The fourth-order valence-corrected chi connectivity index (χ4v) is 3.72. The maximum absolute atomic E-state index is 12.6. The highest BCUT2D eigenvalue weighted by Crippen LogP contribution is 2.33. The highest BCUT2D eigenvalue weighted by Gasteiger charge is 2.33. The summed E-state index contributed by atoms with van der Waals surface area (Å²) in [6.07, 6.45) is 4.56. The number of rotatable bonds is 3. The van der Waals surface area contributed by atoms with Crippen molar-refractivity contribution in [3.8, 4) is 0 Å². The largest absolute Gasteiger partial charge is 0.323 e. The van der Waals surface area contributed by atoms with Gasteiger partial charge in [-0.3, -0.25) is 10.8 Å². The molecule has 1 aliphatic heterocycles. The SMILES string of the molecule is CC1(C)CCN(S(=O)(=O)c2cnccc2NN)CC1. The summed E-state index contributed by atoms with van der Waals surface area (Å²) in [6, 6.07) is 1.56. The number of hydrogen-bond acceptors (Lipinski definition) is 5. The van der Waals surface area contributed by atoms with Crippen molar-refractivity contribution >= 4 is 15.7 Å². The van der Waals surface area contributed by atoms with Crippen LogP contribution in [0.15, 0.2) is 23.4 Å². The zero-order chi connectivity index (χ0) is 14.1. The number of nitrogens with one attached hydrogen (secondary N) is 1. The molecule has 0 radical (unpaired) electrons. The third kappa shape index (κ3) is 2.88. The highest BCUT2D eigenvalue weighted by molar-refractivity contribution is 7.89. The lowest BCUT2D eigenvalue weighted by atomic mass is 9.83. The molecule has 0 aromatic carbocycles. The van der Waals surface area contributed by atoms with E-state index in [4.69, 9.17) is 5.84 Å². The molecule has 0 saturated carbocycles. The van der Waals surface area contributed by atoms with Gasteiger partial charge in [-0.2, -0.15) is 4.31 Å². The van der Waals surface area contributed by atoms with Crippen LogP contribution in [0.2, 0.25) is 0 Å². The van der Waals surface area contributed by atoms with Crippen molar-refractivity contribution in [2.24, 2.45) is 11.3 Å². The van der Waals surface area contributed by atoms with Gasteiger partial charge in [0.25, 0.3) is 0 Å². The normalized spacial score (nSPS) is 20.2. The monoisotopic (exact) mass is 284 g/mol. The minimum atomic E-state index is -3.53. The average Bonchev–Trinajstić information content (AvgIpc) is 2.38. The zero-order valence-electron chi connectivity index (χ0n) is 11.3. The first-order valence-electron chi connectivity index (χ1n) is 6.28. The molecule has 7 heteroatoms. The maximum Gasteiger partial charge on any atom is 0.246 e. The molecule has 0 bridgehead atoms. The van der Waals surface area contributed by atoms with Crippen LogP contribution in [-0.2, 0) is 10.0 Å². The van der Waals surface area contributed by atoms with Gasteiger partial charge >= 0.3 is 0 Å². The molecular weight excluding hydrogens is 264 g/mol. The Labute approximate surface area is 114 Å². The smallest absolute Gasteiger partial charge is 0.246 e. The van der Waals surface area contributed by atoms with Crippen molar-refractivity contribution in [2.75, 3.05) is 18.5 Å². The second-order valence-corrected chi connectivity index (χ2v) is 7.49. The first-order valence-corrected chi connectivity index (χ1v) is 7.72. The van der Waals surface area contributed by atoms with Crippen molar-refractivity contribution in [1.82, 2.24) is 9.29 Å². The predicted octanol–water partition coefficient (Wildman–Crippen LogP) is 1.18. The molecule has 0 spiro atoms. The molecule has 0 atom stereocenters. The van der Waals surface area contributed by atoms with E-state index >= 15 is 0 Å². The van der Waals surface area contributed by atoms with Crippen LogP contribution < -0.4 is 11.3 Å². The Morgan fingerprint density at radius 3 is 2.58 bits per heavy atom. The lowest BCUT2D eigenvalue weighted by Gasteiger charge is -2.36. The molecule has 0 amide bonds. The first-order chi connectivity index (χ1) is 8.87. The second kappa shape index (κ2) is 5.07. The van der Waals surface area contributed by atoms with Gasteiger partial charge in [0.15, 0.2) is 0 Å². The van der Waals surface area contributed by atoms with Gasteiger partial charge in [-0.25, -0.2) is 8.42 Å². The summed E-state index contributed by atoms with van der Waals surface area (Å²) in [5.74, 6) is 5.36. The summed E-state index contributed by atoms with van der Waals surface area (Å²) in [4.78, 5) is 4.02. The summed E-state index contributed by atoms with van der Waals surface area (Å²) in [5, 5.41) is 0. The van der Waals surface area contributed by atoms with E-state index in [-0.39, 0.29) is 10.3 Å². The van der Waals surface area contributed by atoms with Gasteiger partial charge in [0, 0.05) is 25.5 Å². The Kier molecular flexibility index (Phi) is 3.80. The van der Waals surface area contributed by atoms with Gasteiger partial charge in [-0.1, -0.05) is 13.8 Å². The minimum Gasteiger partial charge on any atom is -0.323 e. The standard InChI is InChI=1S/C12H20N4O2S/c1-12(2)4-7-16(8-5-12)19(17,18)11-9-14-6-3-10(11)15-13/h3,6,9H,4-5,7-8,13H2,1-2H3,(H,14,15). The third-order valence-electron chi connectivity index (χ3n) is 3.63. The number of pyridine rings is 1. The molecule has 1 aromatic rings. The molecule has 1 aromatic heterocycles. The summed E-state index contributed by atoms with van der Waals surface area (Å²) in [5.41, 5.74) is 2.99. The number of hydrazine groups is 1. The van der Waals surface area contributed by atoms with Gasteiger partial charge in [0.2, 0.25) is 10.0 Å². The van der Waals surface area contributed by atoms with Crippen LogP contribution in [0.1, 0.15) is 26.7 Å². The van der Waals surface area contributed by atoms with E-state index in [0.29, 0.717) is 18.8 Å². The molecule has 1 saturated heterocycles. The van der Waals surface area contributed by atoms with E-state index in [2.05, 4.69) is 24.3 Å². The molecule has 1 fully saturated rings. The summed E-state index contributed by atoms with van der Waals surface area (Å²) >= 11 is 0. The number of nitrogens with zero attached hydrogens (tertiary/aromatic N) is 2. The fourth-order valence-electron chi connectivity index (χ4n) is 2.18. The van der Waals surface area contributed by atoms with Crippen molar-refractivity contribution in [2.45, 2.75) is 31.6 Å². The van der Waals surface area contributed by atoms with Crippen LogP contribution >= 0.6 is 0 Å². The van der Waals surface area contributed by atoms with Gasteiger partial charge < -0.3 is 5.43 Å². The van der Waals surface area contributed by atoms with E-state index in [9.17, 15) is 8.42 Å². The van der Waals surface area contributed by atoms with Crippen LogP contribution in [0.25, 0.3) is 0 Å². The number of nitrogen functional groups attached to an aromatic ring is 1. The number of sulfonamides is 1. The van der Waals surface area contributed by atoms with Gasteiger partial charge in [0.05, 0.1) is 5.69 Å². The number of hydrogen-bond donors (Lipinski definition) is 2. The third-order valence-corrected chi connectivity index (χ3v) is 5.56. The van der Waals surface area contributed by atoms with Gasteiger partial charge in [-0.15, -0.1) is 0 Å². The first kappa shape index (κ1) is 14.2. The van der Waals surface area contributed by atoms with Crippen molar-refractivity contribution in [3.05, 3.63) is 18.5 Å². The highest BCUT2D eigenvalue weighted by atomic mass is 32.2. The van der Waals surface area contributed by atoms with Crippen molar-refractivity contribution in [3.63, 3.8) is 0 Å². The Morgan fingerprint density at radius 2 is 2.00 bits per heavy atom. The van der Waals surface area contributed by atoms with Crippen molar-refractivity contribution in [1.29, 1.82) is 0 Å². The quantitative estimate of drug-likeness (QED) is 0.642. The molecule has 2 heterocycles. The van der Waals surface area contributed by atoms with E-state index in [0.717, 1.165) is 12.8 Å². The molecule has 2 rings (SSSR count). The lowest BCUT2D eigenvalue weighted by molar-refractivity contribution is 0.196. The molecule has 106 valence electrons. The van der Waals surface area contributed by atoms with E-state index < -0.39 is 10.0 Å². The van der Waals surface area contributed by atoms with Gasteiger partial charge in [-0.05, 0) is 24.3 Å². The topological polar surface area (TPSA) is 88.3 Å². The number of nitrogens with two attached hydrogens (primary N) is 1. The summed E-state index contributed by atoms with van der Waals surface area (Å²) < 4.78 is 26.6. The number of aromatic nitrogens is 1. The van der Waals surface area contributed by atoms with E-state index in [1.54, 1.807) is 6.07 Å². The lowest BCUT2D eigenvalue weighted by Crippen LogP contribution is -2.41. The molecular formula is C12H20N4O2S. The van der Waals surface area contributed by atoms with Crippen LogP contribution in [0.4, 0.5) is 5.69 Å². The van der Waals surface area contributed by atoms with Crippen LogP contribution in [0.3, 0.4) is 0 Å². The van der Waals surface area contributed by atoms with E-state index in [1.807, 2.05) is 0 Å². The Balaban J connectivity index is 2.28. The molecule has 0 aliphatic carbocycles. The van der Waals surface area contributed by atoms with Gasteiger partial charge in [0.1, 0.15) is 4.90 Å². The Bertz CT molecular complexity index is 547. The maximum atomic E-state index is 12.6. The van der Waals surface area contributed by atoms with Crippen LogP contribution in [0.5, 0.6) is 0 Å². The fraction of sp³-hybridized carbons (Fsp3) is 0.583. The zero-order valence-corrected chi connectivity index (χ0v) is 12.1. The number of piperidine rings is 1. The molecule has 1 aliphatic rings. The molecule has 0 unspecified atom stereocenters. The van der Waals surface area contributed by atoms with Crippen molar-refractivity contribution < 1.29 is 8.42 Å². The summed E-state index contributed by atoms with van der Waals surface area (Å²) in [7, 11) is -3.53. The molecule has 6 nitrogen and oxygen atoms in total. The minimum absolute atomic E-state index is 0.136. The summed E-state index contributed by atoms with van der Waals surface area (Å²) in [6.45, 7) is 5.39. The molecule has 19 heavy (non-hydrogen) atoms. The van der Waals surface area contributed by atoms with E-state index in [1.165, 1.54) is 16.7 Å². The Hall–Kier alpha value is -1.18. The second-order valence-electron chi connectivity index (χ2n) is 5.58. The predicted molar refractivity (Wildman–Crippen MR) is 73.8 cm³/mol. The van der Waals surface area contributed by atoms with Crippen LogP contribution in [-0.4, -0.2) is 30.8 Å². The van der Waals surface area contributed by atoms with Crippen LogP contribution in [0, 0.1) is 5.41 Å².